The minimum Gasteiger partial charge on any atom is -0.375 e. The first-order chi connectivity index (χ1) is 8.04. The molecule has 3 aliphatic rings. The standard InChI is InChI=1S/C13H19NOS2/c1-11-4-5-13(16-6-7-17-13)8-10(11)2-3-12(11,15)9-14/h10,15H,2-8H2,1H3/t10-,11-,12-/m0/s1. The van der Waals surface area contributed by atoms with Gasteiger partial charge < -0.3 is 5.11 Å². The van der Waals surface area contributed by atoms with Gasteiger partial charge in [0.05, 0.1) is 10.1 Å². The second kappa shape index (κ2) is 3.82. The third-order valence-electron chi connectivity index (χ3n) is 5.28. The van der Waals surface area contributed by atoms with E-state index in [1.165, 1.54) is 24.3 Å². The average Bonchev–Trinajstić information content (AvgIpc) is 2.87. The molecule has 1 heterocycles. The summed E-state index contributed by atoms with van der Waals surface area (Å²) < 4.78 is 0.422. The molecule has 4 heteroatoms. The Morgan fingerprint density at radius 3 is 2.59 bits per heavy atom. The van der Waals surface area contributed by atoms with Crippen molar-refractivity contribution >= 4 is 23.5 Å². The van der Waals surface area contributed by atoms with Crippen LogP contribution in [0.15, 0.2) is 0 Å². The van der Waals surface area contributed by atoms with Crippen LogP contribution >= 0.6 is 23.5 Å². The Labute approximate surface area is 112 Å². The van der Waals surface area contributed by atoms with Crippen LogP contribution in [0.3, 0.4) is 0 Å². The summed E-state index contributed by atoms with van der Waals surface area (Å²) in [4.78, 5) is 0. The number of hydrogen-bond donors (Lipinski definition) is 1. The largest absolute Gasteiger partial charge is 0.375 e. The molecule has 0 amide bonds. The Hall–Kier alpha value is 0.150. The molecule has 1 saturated heterocycles. The Morgan fingerprint density at radius 2 is 1.94 bits per heavy atom. The van der Waals surface area contributed by atoms with Crippen LogP contribution in [0.25, 0.3) is 0 Å². The number of nitrogens with zero attached hydrogens (tertiary/aromatic N) is 1. The number of fused-ring (bicyclic) bond motifs is 1. The first-order valence-corrected chi connectivity index (χ1v) is 8.42. The smallest absolute Gasteiger partial charge is 0.156 e. The molecule has 2 saturated carbocycles. The lowest BCUT2D eigenvalue weighted by molar-refractivity contribution is -0.0416. The van der Waals surface area contributed by atoms with Crippen molar-refractivity contribution in [3.05, 3.63) is 0 Å². The van der Waals surface area contributed by atoms with Gasteiger partial charge in [-0.1, -0.05) is 6.92 Å². The summed E-state index contributed by atoms with van der Waals surface area (Å²) in [6, 6.07) is 2.20. The van der Waals surface area contributed by atoms with Crippen molar-refractivity contribution in [1.29, 1.82) is 5.26 Å². The monoisotopic (exact) mass is 269 g/mol. The van der Waals surface area contributed by atoms with Crippen molar-refractivity contribution in [2.75, 3.05) is 11.5 Å². The second-order valence-corrected chi connectivity index (χ2v) is 9.15. The minimum atomic E-state index is -1.06. The lowest BCUT2D eigenvalue weighted by Gasteiger charge is -2.48. The highest BCUT2D eigenvalue weighted by Crippen LogP contribution is 2.65. The van der Waals surface area contributed by atoms with E-state index in [1.807, 2.05) is 0 Å². The predicted octanol–water partition coefficient (Wildman–Crippen LogP) is 3.02. The van der Waals surface area contributed by atoms with E-state index in [9.17, 15) is 10.4 Å². The molecule has 3 rings (SSSR count). The molecular weight excluding hydrogens is 250 g/mol. The molecule has 0 aromatic heterocycles. The van der Waals surface area contributed by atoms with Crippen LogP contribution in [0.5, 0.6) is 0 Å². The molecule has 3 atom stereocenters. The third kappa shape index (κ3) is 1.59. The van der Waals surface area contributed by atoms with E-state index in [-0.39, 0.29) is 5.41 Å². The Morgan fingerprint density at radius 1 is 1.24 bits per heavy atom. The zero-order valence-electron chi connectivity index (χ0n) is 10.2. The van der Waals surface area contributed by atoms with Crippen molar-refractivity contribution < 1.29 is 5.11 Å². The Balaban J connectivity index is 1.86. The van der Waals surface area contributed by atoms with Crippen LogP contribution in [0.1, 0.15) is 39.0 Å². The average molecular weight is 269 g/mol. The number of hydrogen-bond acceptors (Lipinski definition) is 4. The summed E-state index contributed by atoms with van der Waals surface area (Å²) in [6.07, 6.45) is 5.09. The van der Waals surface area contributed by atoms with Crippen LogP contribution in [-0.4, -0.2) is 26.3 Å². The molecule has 0 unspecified atom stereocenters. The molecule has 0 bridgehead atoms. The summed E-state index contributed by atoms with van der Waals surface area (Å²) >= 11 is 4.24. The van der Waals surface area contributed by atoms with Gasteiger partial charge in [0.15, 0.2) is 5.60 Å². The normalized spacial score (nSPS) is 47.9. The molecule has 0 aromatic rings. The van der Waals surface area contributed by atoms with Crippen LogP contribution in [0.2, 0.25) is 0 Å². The summed E-state index contributed by atoms with van der Waals surface area (Å²) in [5, 5.41) is 19.8. The Kier molecular flexibility index (Phi) is 2.74. The summed E-state index contributed by atoms with van der Waals surface area (Å²) in [6.45, 7) is 2.14. The van der Waals surface area contributed by atoms with E-state index < -0.39 is 5.60 Å². The van der Waals surface area contributed by atoms with Gasteiger partial charge in [-0.05, 0) is 38.0 Å². The maximum Gasteiger partial charge on any atom is 0.156 e. The van der Waals surface area contributed by atoms with E-state index in [2.05, 4.69) is 36.5 Å². The number of nitriles is 1. The first kappa shape index (κ1) is 12.2. The third-order valence-corrected chi connectivity index (χ3v) is 8.86. The van der Waals surface area contributed by atoms with Gasteiger partial charge in [0.2, 0.25) is 0 Å². The minimum absolute atomic E-state index is 0.156. The molecule has 2 nitrogen and oxygen atoms in total. The quantitative estimate of drug-likeness (QED) is 0.687. The highest BCUT2D eigenvalue weighted by Gasteiger charge is 2.61. The second-order valence-electron chi connectivity index (χ2n) is 5.94. The zero-order valence-corrected chi connectivity index (χ0v) is 11.9. The van der Waals surface area contributed by atoms with E-state index >= 15 is 0 Å². The maximum absolute atomic E-state index is 10.5. The Bertz CT molecular complexity index is 374. The molecule has 0 radical (unpaired) electrons. The van der Waals surface area contributed by atoms with E-state index in [0.29, 0.717) is 16.4 Å². The van der Waals surface area contributed by atoms with Crippen molar-refractivity contribution in [3.63, 3.8) is 0 Å². The molecule has 2 aliphatic carbocycles. The van der Waals surface area contributed by atoms with Gasteiger partial charge in [0, 0.05) is 16.9 Å². The first-order valence-electron chi connectivity index (χ1n) is 6.45. The highest BCUT2D eigenvalue weighted by atomic mass is 32.2. The topological polar surface area (TPSA) is 44.0 Å². The lowest BCUT2D eigenvalue weighted by Crippen LogP contribution is -2.48. The van der Waals surface area contributed by atoms with Crippen molar-refractivity contribution in [3.8, 4) is 6.07 Å². The lowest BCUT2D eigenvalue weighted by atomic mass is 9.63. The van der Waals surface area contributed by atoms with Crippen LogP contribution in [0.4, 0.5) is 0 Å². The highest BCUT2D eigenvalue weighted by molar-refractivity contribution is 8.21. The summed E-state index contributed by atoms with van der Waals surface area (Å²) in [5.74, 6) is 3.09. The van der Waals surface area contributed by atoms with Crippen molar-refractivity contribution in [2.24, 2.45) is 11.3 Å². The fraction of sp³-hybridized carbons (Fsp3) is 0.923. The molecule has 1 N–H and O–H groups in total. The molecule has 1 aliphatic heterocycles. The predicted molar refractivity (Wildman–Crippen MR) is 72.9 cm³/mol. The van der Waals surface area contributed by atoms with Gasteiger partial charge in [-0.2, -0.15) is 5.26 Å². The fourth-order valence-corrected chi connectivity index (χ4v) is 7.31. The molecule has 1 spiro atoms. The molecular formula is C13H19NOS2. The van der Waals surface area contributed by atoms with Crippen LogP contribution < -0.4 is 0 Å². The number of thioether (sulfide) groups is 2. The van der Waals surface area contributed by atoms with Gasteiger partial charge in [-0.3, -0.25) is 0 Å². The SMILES string of the molecule is C[C@]12CCC3(C[C@@H]1CC[C@]2(O)C#N)SCCS3. The van der Waals surface area contributed by atoms with Gasteiger partial charge in [0.1, 0.15) is 0 Å². The number of aliphatic hydroxyl groups is 1. The molecule has 3 fully saturated rings. The van der Waals surface area contributed by atoms with Gasteiger partial charge in [-0.15, -0.1) is 23.5 Å². The molecule has 94 valence electrons. The van der Waals surface area contributed by atoms with E-state index in [4.69, 9.17) is 0 Å². The summed E-state index contributed by atoms with van der Waals surface area (Å²) in [7, 11) is 0. The zero-order chi connectivity index (χ0) is 12.1. The van der Waals surface area contributed by atoms with Crippen molar-refractivity contribution in [2.45, 2.75) is 48.7 Å². The van der Waals surface area contributed by atoms with Crippen LogP contribution in [0, 0.1) is 22.7 Å². The maximum atomic E-state index is 10.5. The van der Waals surface area contributed by atoms with Crippen LogP contribution in [-0.2, 0) is 0 Å². The van der Waals surface area contributed by atoms with Gasteiger partial charge in [-0.25, -0.2) is 0 Å². The fourth-order valence-electron chi connectivity index (χ4n) is 3.93. The van der Waals surface area contributed by atoms with Gasteiger partial charge >= 0.3 is 0 Å². The summed E-state index contributed by atoms with van der Waals surface area (Å²) in [5.41, 5.74) is -1.22. The van der Waals surface area contributed by atoms with E-state index in [0.717, 1.165) is 12.8 Å². The van der Waals surface area contributed by atoms with Gasteiger partial charge in [0.25, 0.3) is 0 Å². The number of rotatable bonds is 0. The molecule has 0 aromatic carbocycles. The molecule has 17 heavy (non-hydrogen) atoms. The van der Waals surface area contributed by atoms with E-state index in [1.54, 1.807) is 0 Å². The van der Waals surface area contributed by atoms with Crippen molar-refractivity contribution in [1.82, 2.24) is 0 Å².